The van der Waals surface area contributed by atoms with E-state index in [0.29, 0.717) is 12.8 Å². The van der Waals surface area contributed by atoms with Gasteiger partial charge < -0.3 is 9.47 Å². The summed E-state index contributed by atoms with van der Waals surface area (Å²) < 4.78 is 10.8. The van der Waals surface area contributed by atoms with Crippen LogP contribution >= 0.6 is 0 Å². The SMILES string of the molecule is CCCC/C=C\C[C@H](C)C[C@@](OC(C)=O)(C(=O)OC)[C@]1(C)C=C[CH+]C1. The van der Waals surface area contributed by atoms with Crippen LogP contribution in [0.1, 0.15) is 66.2 Å². The van der Waals surface area contributed by atoms with Crippen molar-refractivity contribution in [3.05, 3.63) is 30.7 Å². The summed E-state index contributed by atoms with van der Waals surface area (Å²) in [4.78, 5) is 24.6. The normalized spacial score (nSPS) is 23.1. The molecule has 0 unspecified atom stereocenters. The van der Waals surface area contributed by atoms with Gasteiger partial charge in [0.05, 0.1) is 25.7 Å². The largest absolute Gasteiger partial charge is 0.466 e. The molecule has 0 aliphatic heterocycles. The Morgan fingerprint density at radius 3 is 2.64 bits per heavy atom. The van der Waals surface area contributed by atoms with E-state index in [-0.39, 0.29) is 5.92 Å². The van der Waals surface area contributed by atoms with Gasteiger partial charge in [-0.25, -0.2) is 4.79 Å². The third kappa shape index (κ3) is 5.38. The van der Waals surface area contributed by atoms with Crippen molar-refractivity contribution in [2.45, 2.75) is 71.8 Å². The minimum Gasteiger partial charge on any atom is -0.466 e. The maximum Gasteiger partial charge on any atom is 0.353 e. The van der Waals surface area contributed by atoms with Gasteiger partial charge >= 0.3 is 11.9 Å². The molecule has 4 nitrogen and oxygen atoms in total. The lowest BCUT2D eigenvalue weighted by atomic mass is 9.68. The van der Waals surface area contributed by atoms with Crippen LogP contribution in [0.15, 0.2) is 24.3 Å². The van der Waals surface area contributed by atoms with Crippen LogP contribution in [0.3, 0.4) is 0 Å². The van der Waals surface area contributed by atoms with Gasteiger partial charge in [-0.1, -0.05) is 38.8 Å². The number of carbonyl (C=O) groups is 2. The topological polar surface area (TPSA) is 52.6 Å². The molecular formula is C21H33O4+. The first-order valence-electron chi connectivity index (χ1n) is 9.25. The molecule has 1 aliphatic rings. The molecular weight excluding hydrogens is 316 g/mol. The van der Waals surface area contributed by atoms with E-state index in [9.17, 15) is 9.59 Å². The lowest BCUT2D eigenvalue weighted by Gasteiger charge is -2.40. The number of rotatable bonds is 10. The number of unbranched alkanes of at least 4 members (excludes halogenated alkanes) is 2. The fourth-order valence-corrected chi connectivity index (χ4v) is 3.46. The van der Waals surface area contributed by atoms with E-state index in [1.807, 2.05) is 25.5 Å². The van der Waals surface area contributed by atoms with Gasteiger partial charge in [-0.2, -0.15) is 0 Å². The van der Waals surface area contributed by atoms with Gasteiger partial charge in [-0.05, 0) is 25.7 Å². The molecule has 140 valence electrons. The van der Waals surface area contributed by atoms with Crippen LogP contribution in [0, 0.1) is 17.8 Å². The van der Waals surface area contributed by atoms with Crippen LogP contribution in [-0.2, 0) is 19.1 Å². The molecule has 0 radical (unpaired) electrons. The zero-order valence-electron chi connectivity index (χ0n) is 16.3. The third-order valence-electron chi connectivity index (χ3n) is 4.96. The van der Waals surface area contributed by atoms with Crippen molar-refractivity contribution in [2.24, 2.45) is 11.3 Å². The number of esters is 2. The fourth-order valence-electron chi connectivity index (χ4n) is 3.46. The first-order valence-corrected chi connectivity index (χ1v) is 9.25. The summed E-state index contributed by atoms with van der Waals surface area (Å²) in [6, 6.07) is 0. The van der Waals surface area contributed by atoms with Crippen LogP contribution < -0.4 is 0 Å². The van der Waals surface area contributed by atoms with E-state index in [4.69, 9.17) is 9.47 Å². The number of hydrogen-bond acceptors (Lipinski definition) is 4. The summed E-state index contributed by atoms with van der Waals surface area (Å²) in [5.41, 5.74) is -1.89. The fraction of sp³-hybridized carbons (Fsp3) is 0.667. The number of methoxy groups -OCH3 is 1. The Morgan fingerprint density at radius 2 is 2.12 bits per heavy atom. The van der Waals surface area contributed by atoms with Crippen LogP contribution in [-0.4, -0.2) is 24.6 Å². The lowest BCUT2D eigenvalue weighted by Crippen LogP contribution is -2.55. The maximum atomic E-state index is 12.7. The summed E-state index contributed by atoms with van der Waals surface area (Å²) in [7, 11) is 1.35. The molecule has 0 aromatic carbocycles. The Hall–Kier alpha value is -1.71. The Bertz CT molecular complexity index is 508. The van der Waals surface area contributed by atoms with Gasteiger partial charge in [-0.15, -0.1) is 0 Å². The van der Waals surface area contributed by atoms with Gasteiger partial charge in [0.1, 0.15) is 5.41 Å². The van der Waals surface area contributed by atoms with Gasteiger partial charge in [0, 0.05) is 19.8 Å². The van der Waals surface area contributed by atoms with E-state index >= 15 is 0 Å². The quantitative estimate of drug-likeness (QED) is 0.246. The standard InChI is InChI=1S/C21H33O4/c1-6-7-8-9-10-13-17(2)16-21(19(23)24-5,25-18(3)22)20(4)14-11-12-15-20/h9-12,14,17H,6-8,13,15-16H2,1-5H3/q+1/b10-9-/t17-,20+,21+/m0/s1. The highest BCUT2D eigenvalue weighted by atomic mass is 16.6. The van der Waals surface area contributed by atoms with Crippen molar-refractivity contribution >= 4 is 11.9 Å². The average molecular weight is 349 g/mol. The number of carbonyl (C=O) groups excluding carboxylic acids is 2. The second kappa shape index (κ2) is 9.69. The van der Waals surface area contributed by atoms with Crippen LogP contribution in [0.25, 0.3) is 0 Å². The summed E-state index contributed by atoms with van der Waals surface area (Å²) >= 11 is 0. The summed E-state index contributed by atoms with van der Waals surface area (Å²) in [6.07, 6.45) is 15.6. The molecule has 0 fully saturated rings. The highest BCUT2D eigenvalue weighted by molar-refractivity contribution is 5.84. The molecule has 0 heterocycles. The Labute approximate surface area is 152 Å². The van der Waals surface area contributed by atoms with Crippen molar-refractivity contribution in [3.8, 4) is 0 Å². The molecule has 0 aromatic heterocycles. The van der Waals surface area contributed by atoms with Crippen LogP contribution in [0.4, 0.5) is 0 Å². The summed E-state index contributed by atoms with van der Waals surface area (Å²) in [5, 5.41) is 0. The van der Waals surface area contributed by atoms with Crippen molar-refractivity contribution in [1.82, 2.24) is 0 Å². The minimum atomic E-state index is -1.30. The zero-order valence-corrected chi connectivity index (χ0v) is 16.3. The molecule has 0 saturated carbocycles. The molecule has 0 amide bonds. The molecule has 25 heavy (non-hydrogen) atoms. The smallest absolute Gasteiger partial charge is 0.353 e. The van der Waals surface area contributed by atoms with Crippen molar-refractivity contribution in [3.63, 3.8) is 0 Å². The molecule has 3 atom stereocenters. The number of ether oxygens (including phenoxy) is 2. The predicted octanol–water partition coefficient (Wildman–Crippen LogP) is 4.79. The predicted molar refractivity (Wildman–Crippen MR) is 99.7 cm³/mol. The monoisotopic (exact) mass is 349 g/mol. The molecule has 0 N–H and O–H groups in total. The van der Waals surface area contributed by atoms with Gasteiger partial charge in [-0.3, -0.25) is 4.79 Å². The number of allylic oxidation sites excluding steroid dienone is 3. The van der Waals surface area contributed by atoms with E-state index in [1.165, 1.54) is 26.9 Å². The summed E-state index contributed by atoms with van der Waals surface area (Å²) in [6.45, 7) is 7.56. The second-order valence-electron chi connectivity index (χ2n) is 7.29. The Kier molecular flexibility index (Phi) is 8.27. The van der Waals surface area contributed by atoms with Gasteiger partial charge in [0.2, 0.25) is 5.60 Å². The van der Waals surface area contributed by atoms with Gasteiger partial charge in [0.15, 0.2) is 0 Å². The third-order valence-corrected chi connectivity index (χ3v) is 4.96. The molecule has 1 rings (SSSR count). The van der Waals surface area contributed by atoms with Crippen molar-refractivity contribution < 1.29 is 19.1 Å². The lowest BCUT2D eigenvalue weighted by molar-refractivity contribution is -0.195. The molecule has 0 spiro atoms. The average Bonchev–Trinajstić information content (AvgIpc) is 3.01. The molecule has 4 heteroatoms. The van der Waals surface area contributed by atoms with Crippen LogP contribution in [0.2, 0.25) is 0 Å². The van der Waals surface area contributed by atoms with E-state index in [1.54, 1.807) is 0 Å². The second-order valence-corrected chi connectivity index (χ2v) is 7.29. The van der Waals surface area contributed by atoms with Crippen molar-refractivity contribution in [2.75, 3.05) is 7.11 Å². The highest BCUT2D eigenvalue weighted by Crippen LogP contribution is 2.48. The van der Waals surface area contributed by atoms with E-state index < -0.39 is 23.0 Å². The highest BCUT2D eigenvalue weighted by Gasteiger charge is 2.61. The Balaban J connectivity index is 3.00. The van der Waals surface area contributed by atoms with Crippen molar-refractivity contribution in [1.29, 1.82) is 0 Å². The van der Waals surface area contributed by atoms with Gasteiger partial charge in [0.25, 0.3) is 0 Å². The van der Waals surface area contributed by atoms with E-state index in [0.717, 1.165) is 12.8 Å². The molecule has 0 bridgehead atoms. The first-order chi connectivity index (χ1) is 11.8. The molecule has 0 saturated heterocycles. The van der Waals surface area contributed by atoms with Crippen LogP contribution in [0.5, 0.6) is 0 Å². The minimum absolute atomic E-state index is 0.183. The molecule has 1 aliphatic carbocycles. The zero-order chi connectivity index (χ0) is 18.9. The maximum absolute atomic E-state index is 12.7. The Morgan fingerprint density at radius 1 is 1.40 bits per heavy atom. The van der Waals surface area contributed by atoms with E-state index in [2.05, 4.69) is 26.0 Å². The first kappa shape index (κ1) is 21.3. The summed E-state index contributed by atoms with van der Waals surface area (Å²) in [5.74, 6) is -0.758. The molecule has 0 aromatic rings. The number of hydrogen-bond donors (Lipinski definition) is 0.